The number of pyridine rings is 1. The topological polar surface area (TPSA) is 36.4 Å². The minimum Gasteiger partial charge on any atom is -0.306 e. The maximum absolute atomic E-state index is 13.2. The molecule has 1 amide bonds. The predicted octanol–water partition coefficient (Wildman–Crippen LogP) is 3.49. The summed E-state index contributed by atoms with van der Waals surface area (Å²) in [5.41, 5.74) is 4.17. The molecule has 2 aromatic rings. The number of amides is 1. The molecule has 4 rings (SSSR count). The number of nitrogens with zero attached hydrogens (tertiary/aromatic N) is 3. The van der Waals surface area contributed by atoms with Crippen molar-refractivity contribution in [2.24, 2.45) is 0 Å². The van der Waals surface area contributed by atoms with Crippen LogP contribution in [0.4, 0.5) is 5.69 Å². The van der Waals surface area contributed by atoms with E-state index in [-0.39, 0.29) is 11.9 Å². The minimum atomic E-state index is 0.0151. The molecule has 2 atom stereocenters. The van der Waals surface area contributed by atoms with Gasteiger partial charge < -0.3 is 9.80 Å². The zero-order valence-corrected chi connectivity index (χ0v) is 14.6. The van der Waals surface area contributed by atoms with Crippen molar-refractivity contribution < 1.29 is 4.79 Å². The number of likely N-dealkylation sites (tertiary alicyclic amines) is 1. The number of hydrogen-bond donors (Lipinski definition) is 0. The Hall–Kier alpha value is -1.91. The van der Waals surface area contributed by atoms with Crippen LogP contribution >= 0.6 is 11.6 Å². The Balaban J connectivity index is 1.77. The second kappa shape index (κ2) is 5.87. The molecule has 5 heteroatoms. The fraction of sp³-hybridized carbons (Fsp3) is 0.368. The summed E-state index contributed by atoms with van der Waals surface area (Å²) in [6.45, 7) is 4.11. The van der Waals surface area contributed by atoms with Crippen LogP contribution in [0.15, 0.2) is 36.5 Å². The van der Waals surface area contributed by atoms with E-state index in [9.17, 15) is 4.79 Å². The normalized spacial score (nSPS) is 23.0. The summed E-state index contributed by atoms with van der Waals surface area (Å²) in [5.74, 6) is 0.393. The summed E-state index contributed by atoms with van der Waals surface area (Å²) in [5, 5.41) is 0.404. The molecule has 0 bridgehead atoms. The lowest BCUT2D eigenvalue weighted by Gasteiger charge is -2.36. The van der Waals surface area contributed by atoms with Crippen molar-refractivity contribution in [3.63, 3.8) is 0 Å². The third-order valence-corrected chi connectivity index (χ3v) is 5.37. The Morgan fingerprint density at radius 2 is 2.12 bits per heavy atom. The number of likely N-dealkylation sites (N-methyl/N-ethyl adjacent to an activating group) is 1. The highest BCUT2D eigenvalue weighted by molar-refractivity contribution is 6.29. The second-order valence-electron chi connectivity index (χ2n) is 6.83. The van der Waals surface area contributed by atoms with Crippen LogP contribution in [0.2, 0.25) is 5.15 Å². The molecule has 24 heavy (non-hydrogen) atoms. The van der Waals surface area contributed by atoms with Gasteiger partial charge in [0.2, 0.25) is 0 Å². The molecular formula is C19H20ClN3O. The third-order valence-electron chi connectivity index (χ3n) is 5.15. The first-order valence-corrected chi connectivity index (χ1v) is 8.66. The van der Waals surface area contributed by atoms with E-state index in [0.717, 1.165) is 25.2 Å². The smallest absolute Gasteiger partial charge is 0.260 e. The van der Waals surface area contributed by atoms with E-state index in [2.05, 4.69) is 42.1 Å². The average Bonchev–Trinajstić information content (AvgIpc) is 2.88. The number of anilines is 1. The van der Waals surface area contributed by atoms with Crippen LogP contribution in [-0.4, -0.2) is 42.0 Å². The van der Waals surface area contributed by atoms with Gasteiger partial charge in [0.05, 0.1) is 5.56 Å². The quantitative estimate of drug-likeness (QED) is 0.745. The van der Waals surface area contributed by atoms with E-state index in [4.69, 9.17) is 11.6 Å². The molecule has 1 aromatic heterocycles. The molecule has 2 aliphatic heterocycles. The number of benzene rings is 1. The summed E-state index contributed by atoms with van der Waals surface area (Å²) in [4.78, 5) is 21.6. The SMILES string of the molecule is Cc1ccc2c(c1)[C@H]1CN(C)CC[C@H]1N2C(=O)c1ccc(Cl)nc1. The number of carbonyl (C=O) groups is 1. The van der Waals surface area contributed by atoms with Gasteiger partial charge in [-0.2, -0.15) is 0 Å². The maximum atomic E-state index is 13.2. The van der Waals surface area contributed by atoms with Gasteiger partial charge in [-0.3, -0.25) is 4.79 Å². The highest BCUT2D eigenvalue weighted by Gasteiger charge is 2.44. The summed E-state index contributed by atoms with van der Waals surface area (Å²) in [6, 6.07) is 10.1. The molecule has 124 valence electrons. The van der Waals surface area contributed by atoms with Crippen molar-refractivity contribution in [1.29, 1.82) is 0 Å². The van der Waals surface area contributed by atoms with Gasteiger partial charge in [-0.1, -0.05) is 29.3 Å². The van der Waals surface area contributed by atoms with Gasteiger partial charge in [0, 0.05) is 30.4 Å². The Morgan fingerprint density at radius 1 is 1.29 bits per heavy atom. The zero-order chi connectivity index (χ0) is 16.8. The van der Waals surface area contributed by atoms with Crippen LogP contribution in [0.1, 0.15) is 33.8 Å². The summed E-state index contributed by atoms with van der Waals surface area (Å²) in [7, 11) is 2.15. The van der Waals surface area contributed by atoms with Gasteiger partial charge in [0.15, 0.2) is 0 Å². The van der Waals surface area contributed by atoms with Gasteiger partial charge in [0.1, 0.15) is 5.15 Å². The van der Waals surface area contributed by atoms with Crippen molar-refractivity contribution in [2.75, 3.05) is 25.0 Å². The lowest BCUT2D eigenvalue weighted by molar-refractivity contribution is 0.0964. The molecule has 0 unspecified atom stereocenters. The van der Waals surface area contributed by atoms with Crippen molar-refractivity contribution in [2.45, 2.75) is 25.3 Å². The molecule has 1 saturated heterocycles. The Kier molecular flexibility index (Phi) is 3.82. The molecule has 1 aromatic carbocycles. The molecule has 0 saturated carbocycles. The molecule has 0 spiro atoms. The van der Waals surface area contributed by atoms with Gasteiger partial charge >= 0.3 is 0 Å². The lowest BCUT2D eigenvalue weighted by Crippen LogP contribution is -2.47. The maximum Gasteiger partial charge on any atom is 0.260 e. The van der Waals surface area contributed by atoms with E-state index >= 15 is 0 Å². The van der Waals surface area contributed by atoms with Crippen LogP contribution < -0.4 is 4.90 Å². The number of rotatable bonds is 1. The number of carbonyl (C=O) groups excluding carboxylic acids is 1. The van der Waals surface area contributed by atoms with Crippen molar-refractivity contribution in [3.8, 4) is 0 Å². The van der Waals surface area contributed by atoms with E-state index in [0.29, 0.717) is 16.6 Å². The summed E-state index contributed by atoms with van der Waals surface area (Å²) >= 11 is 5.86. The average molecular weight is 342 g/mol. The third kappa shape index (κ3) is 2.50. The Morgan fingerprint density at radius 3 is 2.88 bits per heavy atom. The van der Waals surface area contributed by atoms with Gasteiger partial charge in [-0.25, -0.2) is 4.98 Å². The number of halogens is 1. The van der Waals surface area contributed by atoms with Crippen LogP contribution in [0.5, 0.6) is 0 Å². The molecule has 3 heterocycles. The van der Waals surface area contributed by atoms with Crippen LogP contribution in [0.25, 0.3) is 0 Å². The highest BCUT2D eigenvalue weighted by Crippen LogP contribution is 2.45. The van der Waals surface area contributed by atoms with E-state index in [1.165, 1.54) is 11.1 Å². The van der Waals surface area contributed by atoms with E-state index in [1.54, 1.807) is 18.3 Å². The van der Waals surface area contributed by atoms with Crippen molar-refractivity contribution in [1.82, 2.24) is 9.88 Å². The first kappa shape index (κ1) is 15.6. The second-order valence-corrected chi connectivity index (χ2v) is 7.22. The summed E-state index contributed by atoms with van der Waals surface area (Å²) in [6.07, 6.45) is 2.56. The van der Waals surface area contributed by atoms with Crippen LogP contribution in [0, 0.1) is 6.92 Å². The number of aryl methyl sites for hydroxylation is 1. The number of piperidine rings is 1. The van der Waals surface area contributed by atoms with Crippen molar-refractivity contribution >= 4 is 23.2 Å². The molecular weight excluding hydrogens is 322 g/mol. The predicted molar refractivity (Wildman–Crippen MR) is 95.9 cm³/mol. The first-order valence-electron chi connectivity index (χ1n) is 8.29. The first-order chi connectivity index (χ1) is 11.5. The van der Waals surface area contributed by atoms with Crippen molar-refractivity contribution in [3.05, 3.63) is 58.4 Å². The summed E-state index contributed by atoms with van der Waals surface area (Å²) < 4.78 is 0. The fourth-order valence-corrected chi connectivity index (χ4v) is 4.10. The molecule has 1 fully saturated rings. The zero-order valence-electron chi connectivity index (χ0n) is 13.9. The molecule has 2 aliphatic rings. The highest BCUT2D eigenvalue weighted by atomic mass is 35.5. The molecule has 0 aliphatic carbocycles. The minimum absolute atomic E-state index is 0.0151. The fourth-order valence-electron chi connectivity index (χ4n) is 3.99. The van der Waals surface area contributed by atoms with Gasteiger partial charge in [-0.05, 0) is 50.7 Å². The number of aromatic nitrogens is 1. The Labute approximate surface area is 147 Å². The van der Waals surface area contributed by atoms with Crippen LogP contribution in [0.3, 0.4) is 0 Å². The Bertz CT molecular complexity index is 790. The molecule has 4 nitrogen and oxygen atoms in total. The van der Waals surface area contributed by atoms with Crippen LogP contribution in [-0.2, 0) is 0 Å². The molecule has 0 N–H and O–H groups in total. The lowest BCUT2D eigenvalue weighted by atomic mass is 9.89. The van der Waals surface area contributed by atoms with E-state index < -0.39 is 0 Å². The monoisotopic (exact) mass is 341 g/mol. The van der Waals surface area contributed by atoms with Gasteiger partial charge in [-0.15, -0.1) is 0 Å². The number of hydrogen-bond acceptors (Lipinski definition) is 3. The number of fused-ring (bicyclic) bond motifs is 3. The largest absolute Gasteiger partial charge is 0.306 e. The van der Waals surface area contributed by atoms with Gasteiger partial charge in [0.25, 0.3) is 5.91 Å². The standard InChI is InChI=1S/C19H20ClN3O/c1-12-3-5-16-14(9-12)15-11-22(2)8-7-17(15)23(16)19(24)13-4-6-18(20)21-10-13/h3-6,9-10,15,17H,7-8,11H2,1-2H3/t15-,17-/m1/s1. The molecule has 0 radical (unpaired) electrons. The van der Waals surface area contributed by atoms with E-state index in [1.807, 2.05) is 4.90 Å².